The summed E-state index contributed by atoms with van der Waals surface area (Å²) in [6, 6.07) is 11.2. The fourth-order valence-electron chi connectivity index (χ4n) is 2.53. The van der Waals surface area contributed by atoms with Crippen LogP contribution in [0.3, 0.4) is 0 Å². The summed E-state index contributed by atoms with van der Waals surface area (Å²) in [6.07, 6.45) is -4.46. The van der Waals surface area contributed by atoms with E-state index in [4.69, 9.17) is 4.74 Å². The summed E-state index contributed by atoms with van der Waals surface area (Å²) in [5.41, 5.74) is 0.0248. The summed E-state index contributed by atoms with van der Waals surface area (Å²) in [4.78, 5) is 30.0. The number of benzene rings is 2. The molecule has 162 valence electrons. The summed E-state index contributed by atoms with van der Waals surface area (Å²) in [5, 5.41) is 4.39. The number of halogens is 3. The van der Waals surface area contributed by atoms with E-state index >= 15 is 0 Å². The number of para-hydroxylation sites is 1. The van der Waals surface area contributed by atoms with Crippen LogP contribution in [0.1, 0.15) is 15.9 Å². The number of amides is 2. The van der Waals surface area contributed by atoms with Gasteiger partial charge in [0.25, 0.3) is 11.8 Å². The highest BCUT2D eigenvalue weighted by molar-refractivity contribution is 7.14. The highest BCUT2D eigenvalue weighted by Crippen LogP contribution is 2.33. The van der Waals surface area contributed by atoms with Crippen molar-refractivity contribution < 1.29 is 27.5 Å². The second-order valence-corrected chi connectivity index (χ2v) is 7.50. The number of carbonyl (C=O) groups excluding carboxylic acids is 2. The van der Waals surface area contributed by atoms with Gasteiger partial charge >= 0.3 is 6.18 Å². The average molecular weight is 449 g/mol. The van der Waals surface area contributed by atoms with Crippen molar-refractivity contribution in [2.24, 2.45) is 0 Å². The zero-order valence-corrected chi connectivity index (χ0v) is 17.4. The lowest BCUT2D eigenvalue weighted by molar-refractivity contribution is -0.137. The molecule has 10 heteroatoms. The second-order valence-electron chi connectivity index (χ2n) is 6.64. The lowest BCUT2D eigenvalue weighted by Gasteiger charge is -2.13. The fourth-order valence-corrected chi connectivity index (χ4v) is 3.25. The molecule has 3 rings (SSSR count). The predicted octanol–water partition coefficient (Wildman–Crippen LogP) is 4.55. The van der Waals surface area contributed by atoms with Crippen molar-refractivity contribution in [3.63, 3.8) is 0 Å². The van der Waals surface area contributed by atoms with Gasteiger partial charge in [-0.3, -0.25) is 14.9 Å². The summed E-state index contributed by atoms with van der Waals surface area (Å²) in [6.45, 7) is -0.228. The highest BCUT2D eigenvalue weighted by Gasteiger charge is 2.30. The van der Waals surface area contributed by atoms with E-state index in [0.717, 1.165) is 23.5 Å². The summed E-state index contributed by atoms with van der Waals surface area (Å²) < 4.78 is 44.3. The summed E-state index contributed by atoms with van der Waals surface area (Å²) >= 11 is 1.08. The second kappa shape index (κ2) is 9.17. The van der Waals surface area contributed by atoms with Gasteiger partial charge in [0, 0.05) is 25.0 Å². The fraction of sp³-hybridized carbons (Fsp3) is 0.190. The molecule has 0 spiro atoms. The molecule has 1 heterocycles. The van der Waals surface area contributed by atoms with Crippen molar-refractivity contribution in [3.05, 3.63) is 65.0 Å². The van der Waals surface area contributed by atoms with Gasteiger partial charge in [-0.15, -0.1) is 11.3 Å². The number of alkyl halides is 3. The van der Waals surface area contributed by atoms with E-state index < -0.39 is 17.6 Å². The number of hydrogen-bond donors (Lipinski definition) is 1. The quantitative estimate of drug-likeness (QED) is 0.600. The Hall–Kier alpha value is -3.40. The molecule has 2 aromatic carbocycles. The molecule has 0 saturated heterocycles. The molecule has 1 aromatic heterocycles. The molecule has 0 saturated carbocycles. The number of likely N-dealkylation sites (N-methyl/N-ethyl adjacent to an activating group) is 1. The number of rotatable bonds is 6. The molecule has 0 aliphatic carbocycles. The maximum absolute atomic E-state index is 12.9. The molecule has 2 amide bonds. The highest BCUT2D eigenvalue weighted by atomic mass is 32.1. The number of anilines is 1. The molecule has 6 nitrogen and oxygen atoms in total. The summed E-state index contributed by atoms with van der Waals surface area (Å²) in [5.74, 6) is -0.552. The smallest absolute Gasteiger partial charge is 0.416 e. The number of hydrogen-bond acceptors (Lipinski definition) is 5. The Morgan fingerprint density at radius 2 is 1.87 bits per heavy atom. The van der Waals surface area contributed by atoms with Gasteiger partial charge in [-0.25, -0.2) is 4.98 Å². The van der Waals surface area contributed by atoms with Crippen LogP contribution in [0.2, 0.25) is 0 Å². The molecule has 0 radical (unpaired) electrons. The van der Waals surface area contributed by atoms with Gasteiger partial charge in [0.15, 0.2) is 11.7 Å². The Labute approximate surface area is 180 Å². The van der Waals surface area contributed by atoms with Gasteiger partial charge in [0.05, 0.1) is 16.8 Å². The predicted molar refractivity (Wildman–Crippen MR) is 111 cm³/mol. The van der Waals surface area contributed by atoms with E-state index in [1.807, 2.05) is 0 Å². The number of aromatic nitrogens is 1. The first kappa shape index (κ1) is 22.3. The minimum Gasteiger partial charge on any atom is -0.483 e. The number of nitrogens with zero attached hydrogens (tertiary/aromatic N) is 2. The van der Waals surface area contributed by atoms with Crippen molar-refractivity contribution >= 4 is 28.3 Å². The Kier molecular flexibility index (Phi) is 6.59. The molecule has 0 atom stereocenters. The SMILES string of the molecule is CN(C)C(=O)COc1ccccc1C(=O)Nc1nc(-c2cccc(C(F)(F)F)c2)cs1. The van der Waals surface area contributed by atoms with E-state index in [9.17, 15) is 22.8 Å². The zero-order valence-electron chi connectivity index (χ0n) is 16.6. The molecule has 1 N–H and O–H groups in total. The lowest BCUT2D eigenvalue weighted by Crippen LogP contribution is -2.28. The van der Waals surface area contributed by atoms with Crippen molar-refractivity contribution in [1.82, 2.24) is 9.88 Å². The first-order valence-corrected chi connectivity index (χ1v) is 9.89. The van der Waals surface area contributed by atoms with Crippen LogP contribution in [0.5, 0.6) is 5.75 Å². The number of thiazole rings is 1. The van der Waals surface area contributed by atoms with Crippen LogP contribution in [0.15, 0.2) is 53.9 Å². The normalized spacial score (nSPS) is 11.1. The van der Waals surface area contributed by atoms with Crippen molar-refractivity contribution in [1.29, 1.82) is 0 Å². The van der Waals surface area contributed by atoms with Crippen LogP contribution in [0.25, 0.3) is 11.3 Å². The third-order valence-corrected chi connectivity index (χ3v) is 4.95. The Balaban J connectivity index is 1.75. The lowest BCUT2D eigenvalue weighted by atomic mass is 10.1. The van der Waals surface area contributed by atoms with Crippen molar-refractivity contribution in [2.45, 2.75) is 6.18 Å². The van der Waals surface area contributed by atoms with Crippen LogP contribution in [0.4, 0.5) is 18.3 Å². The van der Waals surface area contributed by atoms with Gasteiger partial charge in [-0.05, 0) is 24.3 Å². The van der Waals surface area contributed by atoms with Crippen LogP contribution < -0.4 is 10.1 Å². The van der Waals surface area contributed by atoms with Gasteiger partial charge in [-0.2, -0.15) is 13.2 Å². The molecule has 0 unspecified atom stereocenters. The molecule has 0 aliphatic rings. The molecule has 0 aliphatic heterocycles. The Bertz CT molecular complexity index is 1100. The van der Waals surface area contributed by atoms with Crippen LogP contribution in [-0.4, -0.2) is 42.4 Å². The zero-order chi connectivity index (χ0) is 22.6. The third-order valence-electron chi connectivity index (χ3n) is 4.19. The minimum atomic E-state index is -4.46. The molecule has 0 fully saturated rings. The van der Waals surface area contributed by atoms with Gasteiger partial charge in [-0.1, -0.05) is 24.3 Å². The molecule has 0 bridgehead atoms. The molecular weight excluding hydrogens is 431 g/mol. The monoisotopic (exact) mass is 449 g/mol. The van der Waals surface area contributed by atoms with E-state index in [1.165, 1.54) is 23.1 Å². The number of carbonyl (C=O) groups is 2. The maximum atomic E-state index is 12.9. The maximum Gasteiger partial charge on any atom is 0.416 e. The number of nitrogens with one attached hydrogen (secondary N) is 1. The largest absolute Gasteiger partial charge is 0.483 e. The molecule has 31 heavy (non-hydrogen) atoms. The van der Waals surface area contributed by atoms with Crippen LogP contribution in [0, 0.1) is 0 Å². The summed E-state index contributed by atoms with van der Waals surface area (Å²) in [7, 11) is 3.18. The van der Waals surface area contributed by atoms with E-state index in [-0.39, 0.29) is 34.5 Å². The molecular formula is C21H18F3N3O3S. The topological polar surface area (TPSA) is 71.5 Å². The van der Waals surface area contributed by atoms with E-state index in [0.29, 0.717) is 5.69 Å². The number of ether oxygens (including phenoxy) is 1. The Morgan fingerprint density at radius 3 is 2.58 bits per heavy atom. The van der Waals surface area contributed by atoms with Crippen LogP contribution >= 0.6 is 11.3 Å². The van der Waals surface area contributed by atoms with Gasteiger partial charge in [0.2, 0.25) is 0 Å². The van der Waals surface area contributed by atoms with E-state index in [2.05, 4.69) is 10.3 Å². The standard InChI is InChI=1S/C21H18F3N3O3S/c1-27(2)18(28)11-30-17-9-4-3-8-15(17)19(29)26-20-25-16(12-31-20)13-6-5-7-14(10-13)21(22,23)24/h3-10,12H,11H2,1-2H3,(H,25,26,29). The van der Waals surface area contributed by atoms with E-state index in [1.54, 1.807) is 37.7 Å². The molecule has 3 aromatic rings. The first-order valence-electron chi connectivity index (χ1n) is 9.01. The third kappa shape index (κ3) is 5.60. The van der Waals surface area contributed by atoms with Gasteiger partial charge < -0.3 is 9.64 Å². The van der Waals surface area contributed by atoms with Crippen molar-refractivity contribution in [2.75, 3.05) is 26.0 Å². The van der Waals surface area contributed by atoms with Crippen LogP contribution in [-0.2, 0) is 11.0 Å². The minimum absolute atomic E-state index is 0.199. The Morgan fingerprint density at radius 1 is 1.13 bits per heavy atom. The van der Waals surface area contributed by atoms with Crippen molar-refractivity contribution in [3.8, 4) is 17.0 Å². The first-order chi connectivity index (χ1) is 14.6. The average Bonchev–Trinajstić information content (AvgIpc) is 3.20. The van der Waals surface area contributed by atoms with Gasteiger partial charge in [0.1, 0.15) is 5.75 Å².